The quantitative estimate of drug-likeness (QED) is 0.747. The molecule has 0 spiro atoms. The molecule has 0 bridgehead atoms. The van der Waals surface area contributed by atoms with Gasteiger partial charge in [-0.15, -0.1) is 0 Å². The second-order valence-electron chi connectivity index (χ2n) is 4.54. The maximum Gasteiger partial charge on any atom is 0.201 e. The number of carbonyl (C=O) groups is 1. The molecule has 1 heterocycles. The highest BCUT2D eigenvalue weighted by Gasteiger charge is 2.18. The fourth-order valence-corrected chi connectivity index (χ4v) is 1.70. The number of ketones is 1. The molecule has 0 aliphatic carbocycles. The lowest BCUT2D eigenvalue weighted by Gasteiger charge is -2.11. The average molecular weight is 223 g/mol. The van der Waals surface area contributed by atoms with Gasteiger partial charge in [-0.25, -0.2) is 4.98 Å². The van der Waals surface area contributed by atoms with Crippen molar-refractivity contribution < 1.29 is 4.79 Å². The normalized spacial score (nSPS) is 14.8. The number of nitrogens with zero attached hydrogens (tertiary/aromatic N) is 2. The van der Waals surface area contributed by atoms with Crippen LogP contribution in [0.2, 0.25) is 0 Å². The van der Waals surface area contributed by atoms with Crippen molar-refractivity contribution in [3.8, 4) is 0 Å². The lowest BCUT2D eigenvalue weighted by Crippen LogP contribution is -2.18. The Kier molecular flexibility index (Phi) is 4.68. The van der Waals surface area contributed by atoms with Gasteiger partial charge in [0.05, 0.1) is 0 Å². The molecule has 2 N–H and O–H groups in total. The molecular formula is C12H21N3O. The summed E-state index contributed by atoms with van der Waals surface area (Å²) in [5, 5.41) is 0. The van der Waals surface area contributed by atoms with Crippen LogP contribution in [0.3, 0.4) is 0 Å². The Morgan fingerprint density at radius 3 is 2.69 bits per heavy atom. The average Bonchev–Trinajstić information content (AvgIpc) is 2.62. The molecule has 4 nitrogen and oxygen atoms in total. The molecule has 16 heavy (non-hydrogen) atoms. The highest BCUT2D eigenvalue weighted by atomic mass is 16.1. The Morgan fingerprint density at radius 2 is 2.19 bits per heavy atom. The third-order valence-electron chi connectivity index (χ3n) is 2.79. The Labute approximate surface area is 96.9 Å². The fourth-order valence-electron chi connectivity index (χ4n) is 1.70. The molecule has 0 saturated heterocycles. The molecule has 0 aliphatic rings. The number of aryl methyl sites for hydroxylation is 1. The number of carbonyl (C=O) groups excluding carboxylic acids is 1. The zero-order chi connectivity index (χ0) is 12.1. The SMILES string of the molecule is CC(N)CCCC(C)C(=O)c1nccn1C. The van der Waals surface area contributed by atoms with Crippen LogP contribution in [0.4, 0.5) is 0 Å². The van der Waals surface area contributed by atoms with Gasteiger partial charge in [0.25, 0.3) is 0 Å². The van der Waals surface area contributed by atoms with Crippen molar-refractivity contribution in [3.05, 3.63) is 18.2 Å². The third-order valence-corrected chi connectivity index (χ3v) is 2.79. The number of hydrogen-bond acceptors (Lipinski definition) is 3. The lowest BCUT2D eigenvalue weighted by molar-refractivity contribution is 0.0908. The predicted molar refractivity (Wildman–Crippen MR) is 64.2 cm³/mol. The van der Waals surface area contributed by atoms with Crippen LogP contribution in [-0.4, -0.2) is 21.4 Å². The first-order chi connectivity index (χ1) is 7.52. The summed E-state index contributed by atoms with van der Waals surface area (Å²) in [5.41, 5.74) is 5.67. The molecular weight excluding hydrogens is 202 g/mol. The van der Waals surface area contributed by atoms with Gasteiger partial charge in [-0.3, -0.25) is 4.79 Å². The van der Waals surface area contributed by atoms with Crippen LogP contribution in [0.1, 0.15) is 43.7 Å². The summed E-state index contributed by atoms with van der Waals surface area (Å²) in [6.45, 7) is 3.95. The summed E-state index contributed by atoms with van der Waals surface area (Å²) in [6.07, 6.45) is 6.30. The zero-order valence-corrected chi connectivity index (χ0v) is 10.3. The summed E-state index contributed by atoms with van der Waals surface area (Å²) < 4.78 is 1.77. The lowest BCUT2D eigenvalue weighted by atomic mass is 9.97. The van der Waals surface area contributed by atoms with Crippen molar-refractivity contribution in [2.45, 2.75) is 39.2 Å². The summed E-state index contributed by atoms with van der Waals surface area (Å²) in [4.78, 5) is 16.1. The molecule has 90 valence electrons. The van der Waals surface area contributed by atoms with Crippen molar-refractivity contribution in [1.29, 1.82) is 0 Å². The molecule has 0 radical (unpaired) electrons. The molecule has 0 aliphatic heterocycles. The van der Waals surface area contributed by atoms with Crippen LogP contribution in [0.25, 0.3) is 0 Å². The molecule has 0 aromatic carbocycles. The van der Waals surface area contributed by atoms with Gasteiger partial charge in [0.15, 0.2) is 5.82 Å². The third kappa shape index (κ3) is 3.45. The number of imidazole rings is 1. The first-order valence-corrected chi connectivity index (χ1v) is 5.79. The minimum atomic E-state index is 0.0276. The van der Waals surface area contributed by atoms with Gasteiger partial charge < -0.3 is 10.3 Å². The largest absolute Gasteiger partial charge is 0.332 e. The molecule has 0 saturated carbocycles. The molecule has 4 heteroatoms. The molecule has 0 fully saturated rings. The van der Waals surface area contributed by atoms with E-state index in [0.29, 0.717) is 5.82 Å². The minimum absolute atomic E-state index is 0.0276. The highest BCUT2D eigenvalue weighted by Crippen LogP contribution is 2.14. The van der Waals surface area contributed by atoms with Crippen molar-refractivity contribution in [3.63, 3.8) is 0 Å². The van der Waals surface area contributed by atoms with Crippen LogP contribution in [0.15, 0.2) is 12.4 Å². The van der Waals surface area contributed by atoms with Crippen molar-refractivity contribution >= 4 is 5.78 Å². The number of Topliss-reactive ketones (excluding diaryl/α,β-unsaturated/α-hetero) is 1. The summed E-state index contributed by atoms with van der Waals surface area (Å²) >= 11 is 0. The second-order valence-corrected chi connectivity index (χ2v) is 4.54. The van der Waals surface area contributed by atoms with Gasteiger partial charge in [0, 0.05) is 31.4 Å². The predicted octanol–water partition coefficient (Wildman–Crippen LogP) is 1.76. The van der Waals surface area contributed by atoms with Crippen LogP contribution < -0.4 is 5.73 Å². The fraction of sp³-hybridized carbons (Fsp3) is 0.667. The van der Waals surface area contributed by atoms with Crippen LogP contribution in [0.5, 0.6) is 0 Å². The smallest absolute Gasteiger partial charge is 0.201 e. The number of rotatable bonds is 6. The van der Waals surface area contributed by atoms with Crippen LogP contribution in [0, 0.1) is 5.92 Å². The molecule has 1 aromatic heterocycles. The van der Waals surface area contributed by atoms with Crippen LogP contribution in [-0.2, 0) is 7.05 Å². The Hall–Kier alpha value is -1.16. The standard InChI is InChI=1S/C12H21N3O/c1-9(5-4-6-10(2)13)11(16)12-14-7-8-15(12)3/h7-10H,4-6,13H2,1-3H3. The number of nitrogens with two attached hydrogens (primary N) is 1. The molecule has 0 amide bonds. The summed E-state index contributed by atoms with van der Waals surface area (Å²) in [6, 6.07) is 0.218. The Balaban J connectivity index is 2.46. The maximum absolute atomic E-state index is 12.0. The van der Waals surface area contributed by atoms with E-state index in [9.17, 15) is 4.79 Å². The number of hydrogen-bond donors (Lipinski definition) is 1. The van der Waals surface area contributed by atoms with Crippen molar-refractivity contribution in [1.82, 2.24) is 9.55 Å². The van der Waals surface area contributed by atoms with Gasteiger partial charge in [-0.05, 0) is 19.8 Å². The summed E-state index contributed by atoms with van der Waals surface area (Å²) in [7, 11) is 1.84. The number of aromatic nitrogens is 2. The molecule has 2 unspecified atom stereocenters. The van der Waals surface area contributed by atoms with Gasteiger partial charge in [0.2, 0.25) is 5.78 Å². The van der Waals surface area contributed by atoms with E-state index < -0.39 is 0 Å². The van der Waals surface area contributed by atoms with Crippen LogP contribution >= 0.6 is 0 Å². The molecule has 1 rings (SSSR count). The minimum Gasteiger partial charge on any atom is -0.332 e. The van der Waals surface area contributed by atoms with Gasteiger partial charge in [0.1, 0.15) is 0 Å². The molecule has 2 atom stereocenters. The maximum atomic E-state index is 12.0. The first kappa shape index (κ1) is 12.9. The Bertz CT molecular complexity index is 344. The van der Waals surface area contributed by atoms with E-state index in [0.717, 1.165) is 19.3 Å². The van der Waals surface area contributed by atoms with Gasteiger partial charge >= 0.3 is 0 Å². The topological polar surface area (TPSA) is 60.9 Å². The highest BCUT2D eigenvalue weighted by molar-refractivity contribution is 5.94. The van der Waals surface area contributed by atoms with Gasteiger partial charge in [-0.2, -0.15) is 0 Å². The van der Waals surface area contributed by atoms with E-state index in [1.165, 1.54) is 0 Å². The van der Waals surface area contributed by atoms with E-state index in [1.807, 2.05) is 20.9 Å². The van der Waals surface area contributed by atoms with Crippen molar-refractivity contribution in [2.24, 2.45) is 18.7 Å². The van der Waals surface area contributed by atoms with E-state index in [1.54, 1.807) is 17.0 Å². The van der Waals surface area contributed by atoms with E-state index in [4.69, 9.17) is 5.73 Å². The Morgan fingerprint density at radius 1 is 1.50 bits per heavy atom. The van der Waals surface area contributed by atoms with Gasteiger partial charge in [-0.1, -0.05) is 13.3 Å². The van der Waals surface area contributed by atoms with E-state index >= 15 is 0 Å². The van der Waals surface area contributed by atoms with E-state index in [2.05, 4.69) is 4.98 Å². The monoisotopic (exact) mass is 223 g/mol. The summed E-state index contributed by atoms with van der Waals surface area (Å²) in [5.74, 6) is 0.699. The second kappa shape index (κ2) is 5.80. The van der Waals surface area contributed by atoms with E-state index in [-0.39, 0.29) is 17.7 Å². The zero-order valence-electron chi connectivity index (χ0n) is 10.3. The molecule has 1 aromatic rings. The first-order valence-electron chi connectivity index (χ1n) is 5.79. The van der Waals surface area contributed by atoms with Crippen molar-refractivity contribution in [2.75, 3.05) is 0 Å².